The molecule has 1 unspecified atom stereocenters. The van der Waals surface area contributed by atoms with E-state index in [2.05, 4.69) is 26.0 Å². The Kier molecular flexibility index (Phi) is 34.6. The van der Waals surface area contributed by atoms with Gasteiger partial charge in [-0.3, -0.25) is 14.2 Å². The van der Waals surface area contributed by atoms with Gasteiger partial charge in [0.1, 0.15) is 19.8 Å². The van der Waals surface area contributed by atoms with Crippen molar-refractivity contribution in [2.75, 3.05) is 47.5 Å². The van der Waals surface area contributed by atoms with E-state index in [9.17, 15) is 19.0 Å². The predicted molar refractivity (Wildman–Crippen MR) is 213 cm³/mol. The Morgan fingerprint density at radius 1 is 0.577 bits per heavy atom. The third-order valence-corrected chi connectivity index (χ3v) is 10.2. The van der Waals surface area contributed by atoms with Crippen molar-refractivity contribution < 1.29 is 42.1 Å². The molecule has 0 N–H and O–H groups in total. The molecule has 308 valence electrons. The topological polar surface area (TPSA) is 111 Å². The summed E-state index contributed by atoms with van der Waals surface area (Å²) in [6, 6.07) is 0. The number of phosphoric acid groups is 1. The molecule has 0 radical (unpaired) electrons. The first-order valence-electron chi connectivity index (χ1n) is 21.4. The maximum absolute atomic E-state index is 12.6. The summed E-state index contributed by atoms with van der Waals surface area (Å²) in [5.74, 6) is -0.837. The van der Waals surface area contributed by atoms with Gasteiger partial charge in [0.2, 0.25) is 0 Å². The third-order valence-electron chi connectivity index (χ3n) is 9.29. The van der Waals surface area contributed by atoms with Gasteiger partial charge in [-0.1, -0.05) is 154 Å². The molecule has 0 aliphatic rings. The van der Waals surface area contributed by atoms with Crippen LogP contribution in [-0.4, -0.2) is 70.0 Å². The molecule has 10 heteroatoms. The highest BCUT2D eigenvalue weighted by Crippen LogP contribution is 2.38. The summed E-state index contributed by atoms with van der Waals surface area (Å²) in [6.07, 6.45) is 35.1. The SMILES string of the molecule is CCCCCCCCCCCCCCCC(=O)OC[C@H](COP(=O)([O-])OCC[N+](C)(C)C)OC(=O)CCCCCCC/C=C\CCCCCCC[13CH3]. The van der Waals surface area contributed by atoms with E-state index in [4.69, 9.17) is 18.5 Å². The van der Waals surface area contributed by atoms with E-state index in [1.54, 1.807) is 0 Å². The molecule has 9 nitrogen and oxygen atoms in total. The van der Waals surface area contributed by atoms with Crippen LogP contribution in [0.25, 0.3) is 0 Å². The summed E-state index contributed by atoms with van der Waals surface area (Å²) in [4.78, 5) is 37.4. The quantitative estimate of drug-likeness (QED) is 0.0152. The monoisotopic (exact) mass is 761 g/mol. The molecular weight excluding hydrogens is 678 g/mol. The molecule has 0 saturated carbocycles. The lowest BCUT2D eigenvalue weighted by atomic mass is 10.0. The number of phosphoric ester groups is 1. The van der Waals surface area contributed by atoms with Crippen LogP contribution in [0.2, 0.25) is 0 Å². The van der Waals surface area contributed by atoms with E-state index >= 15 is 0 Å². The fraction of sp³-hybridized carbons (Fsp3) is 0.905. The fourth-order valence-electron chi connectivity index (χ4n) is 5.88. The second-order valence-electron chi connectivity index (χ2n) is 15.7. The molecule has 0 amide bonds. The largest absolute Gasteiger partial charge is 0.756 e. The van der Waals surface area contributed by atoms with Crippen molar-refractivity contribution in [2.45, 2.75) is 200 Å². The molecule has 0 rings (SSSR count). The Balaban J connectivity index is 4.37. The highest BCUT2D eigenvalue weighted by molar-refractivity contribution is 7.45. The average molecular weight is 761 g/mol. The van der Waals surface area contributed by atoms with Crippen LogP contribution in [0.3, 0.4) is 0 Å². The summed E-state index contributed by atoms with van der Waals surface area (Å²) in [5, 5.41) is 0. The molecule has 0 aliphatic carbocycles. The lowest BCUT2D eigenvalue weighted by Gasteiger charge is -2.28. The lowest BCUT2D eigenvalue weighted by Crippen LogP contribution is -2.37. The first-order valence-corrected chi connectivity index (χ1v) is 22.9. The molecular formula is C42H82NO8P. The molecule has 0 fully saturated rings. The van der Waals surface area contributed by atoms with E-state index in [1.165, 1.54) is 109 Å². The molecule has 2 atom stereocenters. The van der Waals surface area contributed by atoms with E-state index in [1.807, 2.05) is 21.1 Å². The minimum absolute atomic E-state index is 0.0294. The predicted octanol–water partition coefficient (Wildman–Crippen LogP) is 11.2. The lowest BCUT2D eigenvalue weighted by molar-refractivity contribution is -0.870. The maximum Gasteiger partial charge on any atom is 0.306 e. The molecule has 0 aromatic rings. The second kappa shape index (κ2) is 35.5. The van der Waals surface area contributed by atoms with Gasteiger partial charge in [0.05, 0.1) is 27.7 Å². The van der Waals surface area contributed by atoms with E-state index < -0.39 is 26.5 Å². The van der Waals surface area contributed by atoms with Crippen molar-refractivity contribution >= 4 is 19.8 Å². The minimum atomic E-state index is -4.62. The number of quaternary nitrogens is 1. The summed E-state index contributed by atoms with van der Waals surface area (Å²) in [5.41, 5.74) is 0. The number of ether oxygens (including phenoxy) is 2. The first kappa shape index (κ1) is 50.8. The van der Waals surface area contributed by atoms with Crippen LogP contribution >= 0.6 is 7.82 Å². The maximum atomic E-state index is 12.6. The third kappa shape index (κ3) is 38.5. The first-order chi connectivity index (χ1) is 25.0. The van der Waals surface area contributed by atoms with Gasteiger partial charge in [0.15, 0.2) is 6.10 Å². The number of carbonyl (C=O) groups is 2. The molecule has 0 spiro atoms. The van der Waals surface area contributed by atoms with Crippen LogP contribution in [-0.2, 0) is 32.7 Å². The summed E-state index contributed by atoms with van der Waals surface area (Å²) < 4.78 is 33.8. The van der Waals surface area contributed by atoms with Crippen LogP contribution in [0.5, 0.6) is 0 Å². The standard InChI is InChI=1S/C42H82NO8P/c1-6-8-10-12-14-16-18-20-21-23-25-27-29-31-33-35-42(45)51-40(39-50-52(46,47)49-37-36-43(3,4)5)38-48-41(44)34-32-30-28-26-24-22-19-17-15-13-11-9-7-2/h20-21,40H,6-19,22-39H2,1-5H3/b21-20-/t40-/m1/s1/i1+1. The van der Waals surface area contributed by atoms with Gasteiger partial charge < -0.3 is 27.9 Å². The Hall–Kier alpha value is -1.25. The van der Waals surface area contributed by atoms with Gasteiger partial charge in [-0.15, -0.1) is 0 Å². The average Bonchev–Trinajstić information content (AvgIpc) is 3.09. The highest BCUT2D eigenvalue weighted by Gasteiger charge is 2.21. The zero-order valence-corrected chi connectivity index (χ0v) is 35.4. The Morgan fingerprint density at radius 3 is 1.42 bits per heavy atom. The van der Waals surface area contributed by atoms with Crippen LogP contribution in [0.1, 0.15) is 194 Å². The zero-order chi connectivity index (χ0) is 38.6. The summed E-state index contributed by atoms with van der Waals surface area (Å²) in [6.45, 7) is 4.22. The Labute approximate surface area is 320 Å². The molecule has 52 heavy (non-hydrogen) atoms. The molecule has 0 aromatic carbocycles. The number of hydrogen-bond acceptors (Lipinski definition) is 8. The normalized spacial score (nSPS) is 13.7. The van der Waals surface area contributed by atoms with Gasteiger partial charge in [-0.2, -0.15) is 0 Å². The molecule has 0 heterocycles. The van der Waals surface area contributed by atoms with Gasteiger partial charge in [-0.05, 0) is 38.5 Å². The fourth-order valence-corrected chi connectivity index (χ4v) is 6.61. The van der Waals surface area contributed by atoms with Crippen LogP contribution in [0.4, 0.5) is 0 Å². The van der Waals surface area contributed by atoms with Crippen LogP contribution in [0, 0.1) is 0 Å². The molecule has 0 bridgehead atoms. The van der Waals surface area contributed by atoms with Crippen LogP contribution in [0.15, 0.2) is 12.2 Å². The van der Waals surface area contributed by atoms with Crippen molar-refractivity contribution in [1.82, 2.24) is 0 Å². The second-order valence-corrected chi connectivity index (χ2v) is 17.1. The van der Waals surface area contributed by atoms with Crippen LogP contribution < -0.4 is 4.89 Å². The molecule has 0 aliphatic heterocycles. The van der Waals surface area contributed by atoms with Crippen molar-refractivity contribution in [3.05, 3.63) is 12.2 Å². The summed E-state index contributed by atoms with van der Waals surface area (Å²) >= 11 is 0. The van der Waals surface area contributed by atoms with Crippen molar-refractivity contribution in [1.29, 1.82) is 0 Å². The molecule has 0 aromatic heterocycles. The van der Waals surface area contributed by atoms with Gasteiger partial charge in [0.25, 0.3) is 7.82 Å². The number of rotatable bonds is 39. The number of likely N-dealkylation sites (N-methyl/N-ethyl adjacent to an activating group) is 1. The van der Waals surface area contributed by atoms with Crippen molar-refractivity contribution in [3.8, 4) is 0 Å². The van der Waals surface area contributed by atoms with E-state index in [0.717, 1.165) is 51.4 Å². The zero-order valence-electron chi connectivity index (χ0n) is 34.5. The van der Waals surface area contributed by atoms with E-state index in [-0.39, 0.29) is 32.0 Å². The summed E-state index contributed by atoms with van der Waals surface area (Å²) in [7, 11) is 1.17. The van der Waals surface area contributed by atoms with Gasteiger partial charge in [0, 0.05) is 12.8 Å². The number of hydrogen-bond donors (Lipinski definition) is 0. The Morgan fingerprint density at radius 2 is 0.981 bits per heavy atom. The van der Waals surface area contributed by atoms with Gasteiger partial charge >= 0.3 is 11.9 Å². The highest BCUT2D eigenvalue weighted by atomic mass is 31.2. The van der Waals surface area contributed by atoms with E-state index in [0.29, 0.717) is 17.4 Å². The minimum Gasteiger partial charge on any atom is -0.756 e. The smallest absolute Gasteiger partial charge is 0.306 e. The van der Waals surface area contributed by atoms with Crippen molar-refractivity contribution in [3.63, 3.8) is 0 Å². The van der Waals surface area contributed by atoms with Crippen molar-refractivity contribution in [2.24, 2.45) is 0 Å². The van der Waals surface area contributed by atoms with Gasteiger partial charge in [-0.25, -0.2) is 0 Å². The number of esters is 2. The Bertz CT molecular complexity index is 907. The number of unbranched alkanes of at least 4 members (excludes halogenated alkanes) is 23. The molecule has 0 saturated heterocycles. The number of carbonyl (C=O) groups excluding carboxylic acids is 2. The number of allylic oxidation sites excluding steroid dienone is 2. The number of nitrogens with zero attached hydrogens (tertiary/aromatic N) is 1.